The lowest BCUT2D eigenvalue weighted by atomic mass is 10.3. The third kappa shape index (κ3) is 1.32. The van der Waals surface area contributed by atoms with E-state index in [2.05, 4.69) is 15.2 Å². The molecule has 1 fully saturated rings. The molecule has 0 spiro atoms. The Labute approximate surface area is 91.1 Å². The molecular formula is C9H10N4OS. The zero-order valence-corrected chi connectivity index (χ0v) is 9.04. The number of nitrogens with zero attached hydrogens (tertiary/aromatic N) is 3. The summed E-state index contributed by atoms with van der Waals surface area (Å²) in [5, 5.41) is 6.99. The first-order valence-electron chi connectivity index (χ1n) is 4.84. The van der Waals surface area contributed by atoms with Crippen LogP contribution in [0.25, 0.3) is 11.6 Å². The molecule has 1 N–H and O–H groups in total. The monoisotopic (exact) mass is 222 g/mol. The highest BCUT2D eigenvalue weighted by Gasteiger charge is 2.29. The van der Waals surface area contributed by atoms with Crippen LogP contribution in [0, 0.1) is 11.7 Å². The lowest BCUT2D eigenvalue weighted by Crippen LogP contribution is -1.97. The van der Waals surface area contributed by atoms with Crippen molar-refractivity contribution in [2.45, 2.75) is 25.8 Å². The third-order valence-corrected chi connectivity index (χ3v) is 2.85. The number of H-pyrrole nitrogens is 1. The molecule has 1 saturated carbocycles. The molecule has 1 aliphatic rings. The summed E-state index contributed by atoms with van der Waals surface area (Å²) in [5.74, 6) is 1.46. The van der Waals surface area contributed by atoms with Crippen LogP contribution in [0.15, 0.2) is 10.8 Å². The number of hydrogen-bond donors (Lipinski definition) is 1. The van der Waals surface area contributed by atoms with Gasteiger partial charge in [0.15, 0.2) is 16.9 Å². The van der Waals surface area contributed by atoms with Gasteiger partial charge in [-0.25, -0.2) is 4.98 Å². The summed E-state index contributed by atoms with van der Waals surface area (Å²) in [6, 6.07) is 0.482. The molecule has 78 valence electrons. The zero-order valence-electron chi connectivity index (χ0n) is 8.23. The first kappa shape index (κ1) is 8.84. The summed E-state index contributed by atoms with van der Waals surface area (Å²) < 4.78 is 7.99. The molecule has 3 rings (SSSR count). The van der Waals surface area contributed by atoms with E-state index in [1.54, 1.807) is 0 Å². The summed E-state index contributed by atoms with van der Waals surface area (Å²) in [4.78, 5) is 4.06. The van der Waals surface area contributed by atoms with Gasteiger partial charge in [-0.1, -0.05) is 0 Å². The van der Waals surface area contributed by atoms with Crippen LogP contribution in [0.4, 0.5) is 0 Å². The summed E-state index contributed by atoms with van der Waals surface area (Å²) in [7, 11) is 0. The van der Waals surface area contributed by atoms with Crippen LogP contribution in [-0.2, 0) is 0 Å². The first-order valence-corrected chi connectivity index (χ1v) is 5.25. The molecule has 2 aromatic heterocycles. The van der Waals surface area contributed by atoms with Crippen molar-refractivity contribution in [1.82, 2.24) is 19.7 Å². The SMILES string of the molecule is Cc1ncoc1-c1n[nH]c(=S)n1C1CC1. The first-order chi connectivity index (χ1) is 7.27. The van der Waals surface area contributed by atoms with Gasteiger partial charge in [-0.15, -0.1) is 0 Å². The maximum absolute atomic E-state index is 5.32. The number of aromatic amines is 1. The Balaban J connectivity index is 2.20. The smallest absolute Gasteiger partial charge is 0.200 e. The molecule has 0 unspecified atom stereocenters. The van der Waals surface area contributed by atoms with Crippen molar-refractivity contribution in [3.05, 3.63) is 16.9 Å². The van der Waals surface area contributed by atoms with Gasteiger partial charge in [0.2, 0.25) is 5.82 Å². The van der Waals surface area contributed by atoms with E-state index in [4.69, 9.17) is 16.6 Å². The molecule has 2 heterocycles. The van der Waals surface area contributed by atoms with Crippen molar-refractivity contribution in [1.29, 1.82) is 0 Å². The molecular weight excluding hydrogens is 212 g/mol. The van der Waals surface area contributed by atoms with E-state index in [1.165, 1.54) is 6.39 Å². The van der Waals surface area contributed by atoms with Crippen LogP contribution >= 0.6 is 12.2 Å². The fraction of sp³-hybridized carbons (Fsp3) is 0.444. The molecule has 0 radical (unpaired) electrons. The molecule has 0 atom stereocenters. The molecule has 6 heteroatoms. The van der Waals surface area contributed by atoms with Crippen LogP contribution in [0.1, 0.15) is 24.6 Å². The Kier molecular flexibility index (Phi) is 1.79. The summed E-state index contributed by atoms with van der Waals surface area (Å²) in [6.07, 6.45) is 3.75. The summed E-state index contributed by atoms with van der Waals surface area (Å²) >= 11 is 5.19. The normalized spacial score (nSPS) is 15.8. The highest BCUT2D eigenvalue weighted by Crippen LogP contribution is 2.38. The van der Waals surface area contributed by atoms with Gasteiger partial charge >= 0.3 is 0 Å². The predicted octanol–water partition coefficient (Wildman–Crippen LogP) is 2.24. The molecule has 0 bridgehead atoms. The second kappa shape index (κ2) is 3.03. The summed E-state index contributed by atoms with van der Waals surface area (Å²) in [5.41, 5.74) is 0.839. The quantitative estimate of drug-likeness (QED) is 0.791. The molecule has 0 aliphatic heterocycles. The fourth-order valence-corrected chi connectivity index (χ4v) is 1.93. The van der Waals surface area contributed by atoms with Gasteiger partial charge in [0.05, 0.1) is 5.69 Å². The topological polar surface area (TPSA) is 59.6 Å². The maximum atomic E-state index is 5.32. The average molecular weight is 222 g/mol. The number of hydrogen-bond acceptors (Lipinski definition) is 4. The Morgan fingerprint density at radius 2 is 2.40 bits per heavy atom. The number of aromatic nitrogens is 4. The van der Waals surface area contributed by atoms with Gasteiger partial charge in [0.25, 0.3) is 0 Å². The minimum atomic E-state index is 0.482. The van der Waals surface area contributed by atoms with Crippen molar-refractivity contribution in [3.63, 3.8) is 0 Å². The molecule has 1 aliphatic carbocycles. The lowest BCUT2D eigenvalue weighted by molar-refractivity contribution is 0.559. The third-order valence-electron chi connectivity index (χ3n) is 2.57. The van der Waals surface area contributed by atoms with E-state index < -0.39 is 0 Å². The Morgan fingerprint density at radius 1 is 1.60 bits per heavy atom. The second-order valence-electron chi connectivity index (χ2n) is 3.72. The second-order valence-corrected chi connectivity index (χ2v) is 4.11. The van der Waals surface area contributed by atoms with Gasteiger partial charge in [-0.3, -0.25) is 9.67 Å². The Morgan fingerprint density at radius 3 is 3.00 bits per heavy atom. The van der Waals surface area contributed by atoms with Gasteiger partial charge < -0.3 is 4.42 Å². The molecule has 0 aromatic carbocycles. The fourth-order valence-electron chi connectivity index (χ4n) is 1.65. The largest absolute Gasteiger partial charge is 0.440 e. The van der Waals surface area contributed by atoms with Crippen molar-refractivity contribution in [3.8, 4) is 11.6 Å². The predicted molar refractivity (Wildman–Crippen MR) is 55.9 cm³/mol. The van der Waals surface area contributed by atoms with Gasteiger partial charge in [0.1, 0.15) is 0 Å². The molecule has 2 aromatic rings. The number of aryl methyl sites for hydroxylation is 1. The van der Waals surface area contributed by atoms with Crippen LogP contribution in [-0.4, -0.2) is 19.7 Å². The number of rotatable bonds is 2. The van der Waals surface area contributed by atoms with Crippen LogP contribution in [0.3, 0.4) is 0 Å². The minimum absolute atomic E-state index is 0.482. The standard InChI is InChI=1S/C9H10N4OS/c1-5-7(14-4-10-5)8-11-12-9(15)13(8)6-2-3-6/h4,6H,2-3H2,1H3,(H,12,15). The van der Waals surface area contributed by atoms with E-state index in [1.807, 2.05) is 11.5 Å². The van der Waals surface area contributed by atoms with E-state index >= 15 is 0 Å². The highest BCUT2D eigenvalue weighted by molar-refractivity contribution is 7.71. The van der Waals surface area contributed by atoms with E-state index in [9.17, 15) is 0 Å². The minimum Gasteiger partial charge on any atom is -0.440 e. The highest BCUT2D eigenvalue weighted by atomic mass is 32.1. The van der Waals surface area contributed by atoms with E-state index in [-0.39, 0.29) is 0 Å². The van der Waals surface area contributed by atoms with Crippen molar-refractivity contribution in [2.24, 2.45) is 0 Å². The molecule has 0 amide bonds. The zero-order chi connectivity index (χ0) is 10.4. The van der Waals surface area contributed by atoms with Crippen LogP contribution in [0.5, 0.6) is 0 Å². The Bertz CT molecular complexity index is 548. The lowest BCUT2D eigenvalue weighted by Gasteiger charge is -2.01. The maximum Gasteiger partial charge on any atom is 0.200 e. The number of oxazole rings is 1. The van der Waals surface area contributed by atoms with E-state index in [0.29, 0.717) is 16.6 Å². The summed E-state index contributed by atoms with van der Waals surface area (Å²) in [6.45, 7) is 1.90. The number of nitrogens with one attached hydrogen (secondary N) is 1. The Hall–Kier alpha value is -1.43. The van der Waals surface area contributed by atoms with Gasteiger partial charge in [-0.05, 0) is 32.0 Å². The van der Waals surface area contributed by atoms with Crippen molar-refractivity contribution < 1.29 is 4.42 Å². The van der Waals surface area contributed by atoms with E-state index in [0.717, 1.165) is 24.4 Å². The van der Waals surface area contributed by atoms with Crippen LogP contribution < -0.4 is 0 Å². The van der Waals surface area contributed by atoms with Crippen LogP contribution in [0.2, 0.25) is 0 Å². The van der Waals surface area contributed by atoms with Gasteiger partial charge in [0, 0.05) is 6.04 Å². The van der Waals surface area contributed by atoms with Crippen molar-refractivity contribution >= 4 is 12.2 Å². The van der Waals surface area contributed by atoms with Gasteiger partial charge in [-0.2, -0.15) is 5.10 Å². The molecule has 5 nitrogen and oxygen atoms in total. The van der Waals surface area contributed by atoms with Crippen molar-refractivity contribution in [2.75, 3.05) is 0 Å². The molecule has 0 saturated heterocycles. The average Bonchev–Trinajstić information content (AvgIpc) is 2.85. The molecule has 15 heavy (non-hydrogen) atoms.